The van der Waals surface area contributed by atoms with E-state index in [2.05, 4.69) is 5.10 Å². The summed E-state index contributed by atoms with van der Waals surface area (Å²) in [4.78, 5) is 10.6. The summed E-state index contributed by atoms with van der Waals surface area (Å²) >= 11 is 5.70. The first-order valence-corrected chi connectivity index (χ1v) is 6.34. The molecule has 2 aromatic rings. The van der Waals surface area contributed by atoms with Crippen LogP contribution < -0.4 is 4.74 Å². The van der Waals surface area contributed by atoms with Gasteiger partial charge in [-0.15, -0.1) is 0 Å². The molecule has 7 heteroatoms. The summed E-state index contributed by atoms with van der Waals surface area (Å²) in [6.45, 7) is 1.70. The highest BCUT2D eigenvalue weighted by Gasteiger charge is 2.16. The number of hydrogen-bond donors (Lipinski definition) is 1. The zero-order chi connectivity index (χ0) is 15.6. The van der Waals surface area contributed by atoms with E-state index in [0.717, 1.165) is 6.08 Å². The number of hydrogen-bond acceptors (Lipinski definition) is 3. The molecule has 5 nitrogen and oxygen atoms in total. The van der Waals surface area contributed by atoms with Gasteiger partial charge in [0.25, 0.3) is 0 Å². The highest BCUT2D eigenvalue weighted by atomic mass is 35.5. The van der Waals surface area contributed by atoms with Crippen molar-refractivity contribution in [3.05, 3.63) is 46.4 Å². The molecular formula is C14H12ClFN2O3. The molecular weight excluding hydrogens is 299 g/mol. The van der Waals surface area contributed by atoms with E-state index in [0.29, 0.717) is 11.3 Å². The molecule has 0 amide bonds. The Kier molecular flexibility index (Phi) is 4.28. The van der Waals surface area contributed by atoms with Gasteiger partial charge in [-0.1, -0.05) is 17.7 Å². The second-order valence-electron chi connectivity index (χ2n) is 4.25. The molecule has 0 atom stereocenters. The molecule has 0 aliphatic heterocycles. The Morgan fingerprint density at radius 1 is 1.52 bits per heavy atom. The fourth-order valence-corrected chi connectivity index (χ4v) is 1.95. The largest absolute Gasteiger partial charge is 0.478 e. The third kappa shape index (κ3) is 3.22. The molecule has 0 unspecified atom stereocenters. The standard InChI is InChI=1S/C14H12ClFN2O3/c1-8-9(6-7-12(19)20)14(18(2)17-8)21-11-5-3-4-10(15)13(11)16/h3-7H,1-2H3,(H,19,20)/b7-6+. The zero-order valence-corrected chi connectivity index (χ0v) is 12.1. The molecule has 1 aromatic carbocycles. The van der Waals surface area contributed by atoms with Crippen molar-refractivity contribution in [2.75, 3.05) is 0 Å². The Morgan fingerprint density at radius 3 is 2.90 bits per heavy atom. The van der Waals surface area contributed by atoms with E-state index < -0.39 is 11.8 Å². The van der Waals surface area contributed by atoms with E-state index in [1.165, 1.54) is 22.9 Å². The molecule has 0 radical (unpaired) electrons. The van der Waals surface area contributed by atoms with Gasteiger partial charge in [0.05, 0.1) is 16.3 Å². The third-order valence-corrected chi connectivity index (χ3v) is 3.02. The van der Waals surface area contributed by atoms with Crippen LogP contribution in [0.1, 0.15) is 11.3 Å². The number of carbonyl (C=O) groups is 1. The van der Waals surface area contributed by atoms with Crippen molar-refractivity contribution < 1.29 is 19.0 Å². The topological polar surface area (TPSA) is 64.4 Å². The van der Waals surface area contributed by atoms with Crippen LogP contribution in [-0.4, -0.2) is 20.9 Å². The smallest absolute Gasteiger partial charge is 0.328 e. The number of nitrogens with zero attached hydrogens (tertiary/aromatic N) is 2. The summed E-state index contributed by atoms with van der Waals surface area (Å²) in [6, 6.07) is 4.38. The number of benzene rings is 1. The van der Waals surface area contributed by atoms with E-state index >= 15 is 0 Å². The maximum absolute atomic E-state index is 13.9. The van der Waals surface area contributed by atoms with Crippen LogP contribution >= 0.6 is 11.6 Å². The normalized spacial score (nSPS) is 11.0. The average Bonchev–Trinajstić information content (AvgIpc) is 2.67. The second kappa shape index (κ2) is 5.97. The summed E-state index contributed by atoms with van der Waals surface area (Å²) in [5, 5.41) is 12.8. The fraction of sp³-hybridized carbons (Fsp3) is 0.143. The van der Waals surface area contributed by atoms with E-state index in [-0.39, 0.29) is 16.7 Å². The first-order valence-electron chi connectivity index (χ1n) is 5.96. The van der Waals surface area contributed by atoms with Gasteiger partial charge in [0.15, 0.2) is 11.6 Å². The van der Waals surface area contributed by atoms with Gasteiger partial charge in [-0.3, -0.25) is 0 Å². The third-order valence-electron chi connectivity index (χ3n) is 2.73. The minimum atomic E-state index is -1.10. The molecule has 1 N–H and O–H groups in total. The van der Waals surface area contributed by atoms with Gasteiger partial charge >= 0.3 is 5.97 Å². The maximum Gasteiger partial charge on any atom is 0.328 e. The van der Waals surface area contributed by atoms with Crippen LogP contribution in [0.15, 0.2) is 24.3 Å². The lowest BCUT2D eigenvalue weighted by atomic mass is 10.2. The number of carboxylic acid groups (broad SMARTS) is 1. The lowest BCUT2D eigenvalue weighted by Gasteiger charge is -2.08. The Balaban J connectivity index is 2.44. The number of ether oxygens (including phenoxy) is 1. The van der Waals surface area contributed by atoms with Crippen LogP contribution in [-0.2, 0) is 11.8 Å². The van der Waals surface area contributed by atoms with Gasteiger partial charge in [0.2, 0.25) is 5.88 Å². The van der Waals surface area contributed by atoms with Crippen molar-refractivity contribution in [2.45, 2.75) is 6.92 Å². The average molecular weight is 311 g/mol. The fourth-order valence-electron chi connectivity index (χ4n) is 1.79. The predicted octanol–water partition coefficient (Wildman–Crippen LogP) is 3.41. The highest BCUT2D eigenvalue weighted by Crippen LogP contribution is 2.32. The van der Waals surface area contributed by atoms with Crippen LogP contribution in [0, 0.1) is 12.7 Å². The number of aryl methyl sites for hydroxylation is 2. The van der Waals surface area contributed by atoms with Gasteiger partial charge < -0.3 is 9.84 Å². The molecule has 1 heterocycles. The van der Waals surface area contributed by atoms with Crippen molar-refractivity contribution in [1.82, 2.24) is 9.78 Å². The van der Waals surface area contributed by atoms with Gasteiger partial charge in [-0.05, 0) is 25.1 Å². The molecule has 110 valence electrons. The van der Waals surface area contributed by atoms with Crippen LogP contribution in [0.3, 0.4) is 0 Å². The number of rotatable bonds is 4. The zero-order valence-electron chi connectivity index (χ0n) is 11.3. The predicted molar refractivity (Wildman–Crippen MR) is 76.1 cm³/mol. The minimum absolute atomic E-state index is 0.0597. The Hall–Kier alpha value is -2.34. The molecule has 0 bridgehead atoms. The monoisotopic (exact) mass is 310 g/mol. The van der Waals surface area contributed by atoms with Crippen molar-refractivity contribution in [2.24, 2.45) is 7.05 Å². The first-order chi connectivity index (χ1) is 9.90. The number of aromatic nitrogens is 2. The number of aliphatic carboxylic acids is 1. The van der Waals surface area contributed by atoms with Crippen LogP contribution in [0.4, 0.5) is 4.39 Å². The Bertz CT molecular complexity index is 725. The van der Waals surface area contributed by atoms with E-state index in [4.69, 9.17) is 21.4 Å². The first kappa shape index (κ1) is 15.1. The molecule has 0 aliphatic rings. The lowest BCUT2D eigenvalue weighted by molar-refractivity contribution is -0.131. The lowest BCUT2D eigenvalue weighted by Crippen LogP contribution is -1.98. The van der Waals surface area contributed by atoms with Crippen molar-refractivity contribution >= 4 is 23.6 Å². The molecule has 2 rings (SSSR count). The van der Waals surface area contributed by atoms with Gasteiger partial charge in [0.1, 0.15) is 0 Å². The summed E-state index contributed by atoms with van der Waals surface area (Å²) < 4.78 is 20.8. The summed E-state index contributed by atoms with van der Waals surface area (Å²) in [6.07, 6.45) is 2.31. The van der Waals surface area contributed by atoms with Crippen molar-refractivity contribution in [3.8, 4) is 11.6 Å². The number of carboxylic acids is 1. The summed E-state index contributed by atoms with van der Waals surface area (Å²) in [7, 11) is 1.61. The molecule has 0 aliphatic carbocycles. The van der Waals surface area contributed by atoms with Crippen LogP contribution in [0.25, 0.3) is 6.08 Å². The van der Waals surface area contributed by atoms with Gasteiger partial charge in [-0.2, -0.15) is 5.10 Å². The molecule has 0 saturated carbocycles. The Morgan fingerprint density at radius 2 is 2.24 bits per heavy atom. The summed E-state index contributed by atoms with van der Waals surface area (Å²) in [5.41, 5.74) is 1.02. The van der Waals surface area contributed by atoms with Crippen LogP contribution in [0.2, 0.25) is 5.02 Å². The van der Waals surface area contributed by atoms with E-state index in [9.17, 15) is 9.18 Å². The van der Waals surface area contributed by atoms with E-state index in [1.54, 1.807) is 20.0 Å². The van der Waals surface area contributed by atoms with Crippen LogP contribution in [0.5, 0.6) is 11.6 Å². The molecule has 21 heavy (non-hydrogen) atoms. The second-order valence-corrected chi connectivity index (χ2v) is 4.66. The van der Waals surface area contributed by atoms with E-state index in [1.807, 2.05) is 0 Å². The Labute approximate surface area is 125 Å². The van der Waals surface area contributed by atoms with Crippen molar-refractivity contribution in [3.63, 3.8) is 0 Å². The number of halogens is 2. The van der Waals surface area contributed by atoms with Crippen molar-refractivity contribution in [1.29, 1.82) is 0 Å². The highest BCUT2D eigenvalue weighted by molar-refractivity contribution is 6.30. The minimum Gasteiger partial charge on any atom is -0.478 e. The quantitative estimate of drug-likeness (QED) is 0.879. The molecule has 0 fully saturated rings. The summed E-state index contributed by atoms with van der Waals surface area (Å²) in [5.74, 6) is -1.62. The van der Waals surface area contributed by atoms with Gasteiger partial charge in [-0.25, -0.2) is 13.9 Å². The molecule has 1 aromatic heterocycles. The SMILES string of the molecule is Cc1nn(C)c(Oc2cccc(Cl)c2F)c1/C=C/C(=O)O. The van der Waals surface area contributed by atoms with Gasteiger partial charge in [0, 0.05) is 13.1 Å². The molecule has 0 saturated heterocycles. The maximum atomic E-state index is 13.9. The molecule has 0 spiro atoms.